The summed E-state index contributed by atoms with van der Waals surface area (Å²) in [7, 11) is -3.37. The lowest BCUT2D eigenvalue weighted by Crippen LogP contribution is -2.68. The van der Waals surface area contributed by atoms with Gasteiger partial charge in [0.15, 0.2) is 0 Å². The first-order valence-electron chi connectivity index (χ1n) is 4.08. The number of ether oxygens (including phenoxy) is 1. The zero-order valence-electron chi connectivity index (χ0n) is 8.99. The molecule has 96 valence electrons. The van der Waals surface area contributed by atoms with Crippen molar-refractivity contribution < 1.29 is 48.0 Å². The predicted molar refractivity (Wildman–Crippen MR) is 40.5 cm³/mol. The van der Waals surface area contributed by atoms with E-state index in [4.69, 9.17) is 28.2 Å². The molecule has 1 heterocycles. The molecule has 0 atom stereocenters. The van der Waals surface area contributed by atoms with Gasteiger partial charge in [0.2, 0.25) is 12.4 Å². The Morgan fingerprint density at radius 3 is 1.94 bits per heavy atom. The molecule has 0 bridgehead atoms. The van der Waals surface area contributed by atoms with Crippen molar-refractivity contribution in [2.24, 2.45) is 0 Å². The lowest BCUT2D eigenvalue weighted by molar-refractivity contribution is -2.00. The van der Waals surface area contributed by atoms with E-state index in [1.54, 1.807) is 31.6 Å². The minimum atomic E-state index is -4.94. The maximum absolute atomic E-state index is 10.5. The van der Waals surface area contributed by atoms with Crippen LogP contribution < -0.4 is 32.9 Å². The minimum Gasteiger partial charge on any atom is -0.496 e. The van der Waals surface area contributed by atoms with Crippen LogP contribution in [-0.4, -0.2) is 13.1 Å². The molecule has 1 aromatic rings. The largest absolute Gasteiger partial charge is 0.496 e. The molecule has 0 aliphatic heterocycles. The molecule has 0 aliphatic carbocycles. The van der Waals surface area contributed by atoms with Gasteiger partial charge >= 0.3 is 5.97 Å². The third-order valence-electron chi connectivity index (χ3n) is 1.24. The van der Waals surface area contributed by atoms with Gasteiger partial charge in [0.25, 0.3) is 0 Å². The third kappa shape index (κ3) is 10.8. The standard InChI is InChI=1S/C8H10NO3.ClHO4/c1-7(10)12-9-5-3-8(11-2)4-6-9;2-1(3,4)5/h3-6H,1-2H3;(H,2,3,4,5)/q+1;/p-1. The SMILES string of the molecule is COc1cc[n+](OC(C)=O)cc1.[O-][Cl+3]([O-])([O-])[O-]. The zero-order chi connectivity index (χ0) is 13.5. The monoisotopic (exact) mass is 267 g/mol. The first kappa shape index (κ1) is 15.6. The fourth-order valence-corrected chi connectivity index (χ4v) is 0.744. The molecular formula is C8H10ClNO7. The van der Waals surface area contributed by atoms with Crippen molar-refractivity contribution >= 4 is 5.97 Å². The van der Waals surface area contributed by atoms with Crippen LogP contribution in [0.4, 0.5) is 0 Å². The Balaban J connectivity index is 0.000000437. The first-order valence-corrected chi connectivity index (χ1v) is 5.32. The quantitative estimate of drug-likeness (QED) is 0.491. The van der Waals surface area contributed by atoms with E-state index in [1.165, 1.54) is 11.7 Å². The predicted octanol–water partition coefficient (Wildman–Crippen LogP) is -4.80. The summed E-state index contributed by atoms with van der Waals surface area (Å²) in [5.74, 6) is 0.364. The second-order valence-corrected chi connectivity index (χ2v) is 3.31. The second-order valence-electron chi connectivity index (χ2n) is 2.56. The molecule has 0 saturated heterocycles. The highest BCUT2D eigenvalue weighted by Gasteiger charge is 2.04. The van der Waals surface area contributed by atoms with E-state index in [0.717, 1.165) is 5.75 Å². The Bertz CT molecular complexity index is 342. The summed E-state index contributed by atoms with van der Waals surface area (Å²) in [4.78, 5) is 15.2. The minimum absolute atomic E-state index is 0.356. The molecule has 0 aliphatic rings. The first-order chi connectivity index (χ1) is 7.72. The fraction of sp³-hybridized carbons (Fsp3) is 0.250. The summed E-state index contributed by atoms with van der Waals surface area (Å²) in [6, 6.07) is 3.39. The molecule has 0 aromatic carbocycles. The van der Waals surface area contributed by atoms with Crippen molar-refractivity contribution in [3.8, 4) is 5.75 Å². The molecule has 0 spiro atoms. The van der Waals surface area contributed by atoms with Crippen LogP contribution in [-0.2, 0) is 4.79 Å². The summed E-state index contributed by atoms with van der Waals surface area (Å²) in [5, 5.41) is 0. The van der Waals surface area contributed by atoms with Crippen LogP contribution in [0.25, 0.3) is 0 Å². The topological polar surface area (TPSA) is 132 Å². The van der Waals surface area contributed by atoms with Gasteiger partial charge in [-0.2, -0.15) is 4.84 Å². The molecule has 0 unspecified atom stereocenters. The normalized spacial score (nSPS) is 10.0. The van der Waals surface area contributed by atoms with Crippen LogP contribution in [0.2, 0.25) is 0 Å². The highest BCUT2D eigenvalue weighted by Crippen LogP contribution is 2.03. The van der Waals surface area contributed by atoms with Crippen molar-refractivity contribution in [2.75, 3.05) is 7.11 Å². The Morgan fingerprint density at radius 2 is 1.65 bits per heavy atom. The molecular weight excluding hydrogens is 258 g/mol. The van der Waals surface area contributed by atoms with Crippen molar-refractivity contribution in [3.63, 3.8) is 0 Å². The second kappa shape index (κ2) is 6.99. The number of carbonyl (C=O) groups excluding carboxylic acids is 1. The van der Waals surface area contributed by atoms with Gasteiger partial charge in [0, 0.05) is 23.8 Å². The van der Waals surface area contributed by atoms with E-state index in [-0.39, 0.29) is 5.97 Å². The maximum atomic E-state index is 10.5. The molecule has 9 heteroatoms. The lowest BCUT2D eigenvalue weighted by atomic mass is 10.5. The molecule has 0 radical (unpaired) electrons. The van der Waals surface area contributed by atoms with Crippen molar-refractivity contribution in [3.05, 3.63) is 24.5 Å². The van der Waals surface area contributed by atoms with Crippen LogP contribution in [0.15, 0.2) is 24.5 Å². The van der Waals surface area contributed by atoms with Crippen LogP contribution in [0, 0.1) is 10.2 Å². The van der Waals surface area contributed by atoms with Gasteiger partial charge < -0.3 is 4.74 Å². The molecule has 0 amide bonds. The average Bonchev–Trinajstić information content (AvgIpc) is 2.15. The highest BCUT2D eigenvalue weighted by atomic mass is 35.7. The number of rotatable bonds is 2. The van der Waals surface area contributed by atoms with Gasteiger partial charge in [-0.15, -0.1) is 10.2 Å². The number of carbonyl (C=O) groups is 1. The van der Waals surface area contributed by atoms with Gasteiger partial charge in [-0.05, 0) is 0 Å². The van der Waals surface area contributed by atoms with Crippen LogP contribution in [0.5, 0.6) is 5.75 Å². The molecule has 17 heavy (non-hydrogen) atoms. The number of pyridine rings is 1. The number of hydrogen-bond donors (Lipinski definition) is 0. The summed E-state index contributed by atoms with van der Waals surface area (Å²) in [6.45, 7) is 1.34. The van der Waals surface area contributed by atoms with E-state index < -0.39 is 10.2 Å². The van der Waals surface area contributed by atoms with E-state index >= 15 is 0 Å². The van der Waals surface area contributed by atoms with Gasteiger partial charge in [-0.3, -0.25) is 0 Å². The number of hydrogen-bond acceptors (Lipinski definition) is 7. The Labute approximate surface area is 98.9 Å². The van der Waals surface area contributed by atoms with Gasteiger partial charge in [-0.1, -0.05) is 0 Å². The lowest BCUT2D eigenvalue weighted by Gasteiger charge is -2.17. The molecule has 0 saturated carbocycles. The van der Waals surface area contributed by atoms with E-state index in [9.17, 15) is 4.79 Å². The molecule has 1 rings (SSSR count). The molecule has 0 fully saturated rings. The Hall–Kier alpha value is -1.45. The van der Waals surface area contributed by atoms with Crippen LogP contribution in [0.3, 0.4) is 0 Å². The maximum Gasteiger partial charge on any atom is 0.377 e. The number of nitrogens with zero attached hydrogens (tertiary/aromatic N) is 1. The summed E-state index contributed by atoms with van der Waals surface area (Å²) >= 11 is 0. The van der Waals surface area contributed by atoms with E-state index in [2.05, 4.69) is 0 Å². The van der Waals surface area contributed by atoms with Crippen LogP contribution in [0.1, 0.15) is 6.92 Å². The van der Waals surface area contributed by atoms with Crippen LogP contribution >= 0.6 is 0 Å². The fourth-order valence-electron chi connectivity index (χ4n) is 0.744. The van der Waals surface area contributed by atoms with Crippen molar-refractivity contribution in [2.45, 2.75) is 6.92 Å². The molecule has 1 aromatic heterocycles. The number of methoxy groups -OCH3 is 1. The Morgan fingerprint density at radius 1 is 1.24 bits per heavy atom. The smallest absolute Gasteiger partial charge is 0.377 e. The summed E-state index contributed by atoms with van der Waals surface area (Å²) in [5.41, 5.74) is 0. The van der Waals surface area contributed by atoms with Gasteiger partial charge in [-0.25, -0.2) is 23.4 Å². The van der Waals surface area contributed by atoms with E-state index in [1.807, 2.05) is 0 Å². The number of halogens is 1. The number of aromatic nitrogens is 1. The third-order valence-corrected chi connectivity index (χ3v) is 1.24. The summed E-state index contributed by atoms with van der Waals surface area (Å²) in [6.07, 6.45) is 3.19. The zero-order valence-corrected chi connectivity index (χ0v) is 9.75. The van der Waals surface area contributed by atoms with Crippen molar-refractivity contribution in [1.82, 2.24) is 0 Å². The Kier molecular flexibility index (Phi) is 6.39. The molecule has 8 nitrogen and oxygen atoms in total. The molecule has 0 N–H and O–H groups in total. The van der Waals surface area contributed by atoms with Gasteiger partial charge in [0.1, 0.15) is 5.75 Å². The highest BCUT2D eigenvalue weighted by molar-refractivity contribution is 5.65. The average molecular weight is 268 g/mol. The van der Waals surface area contributed by atoms with Gasteiger partial charge in [0.05, 0.1) is 7.11 Å². The summed E-state index contributed by atoms with van der Waals surface area (Å²) < 4.78 is 40.2. The van der Waals surface area contributed by atoms with Crippen molar-refractivity contribution in [1.29, 1.82) is 0 Å². The van der Waals surface area contributed by atoms with E-state index in [0.29, 0.717) is 0 Å².